The molecule has 0 N–H and O–H groups in total. The van der Waals surface area contributed by atoms with Gasteiger partial charge in [0.1, 0.15) is 0 Å². The molecule has 78 valence electrons. The summed E-state index contributed by atoms with van der Waals surface area (Å²) in [6, 6.07) is 10.8. The first-order chi connectivity index (χ1) is 6.77. The van der Waals surface area contributed by atoms with Crippen molar-refractivity contribution in [1.82, 2.24) is 0 Å². The molecule has 0 aromatic heterocycles. The molecule has 1 aromatic carbocycles. The molecule has 0 nitrogen and oxygen atoms in total. The smallest absolute Gasteiger partial charge is 0.0100 e. The molecule has 0 amide bonds. The van der Waals surface area contributed by atoms with Crippen LogP contribution in [-0.2, 0) is 0 Å². The van der Waals surface area contributed by atoms with Gasteiger partial charge in [-0.05, 0) is 23.8 Å². The predicted octanol–water partition coefficient (Wildman–Crippen LogP) is 4.60. The zero-order valence-electron chi connectivity index (χ0n) is 9.04. The van der Waals surface area contributed by atoms with E-state index in [9.17, 15) is 0 Å². The Morgan fingerprint density at radius 1 is 1.21 bits per heavy atom. The Kier molecular flexibility index (Phi) is 5.24. The maximum Gasteiger partial charge on any atom is 0.0100 e. The highest BCUT2D eigenvalue weighted by molar-refractivity contribution is 9.09. The Morgan fingerprint density at radius 3 is 2.36 bits per heavy atom. The number of halogens is 1. The fraction of sp³-hybridized carbons (Fsp3) is 0.538. The first-order valence-electron chi connectivity index (χ1n) is 5.38. The van der Waals surface area contributed by atoms with Gasteiger partial charge in [0.15, 0.2) is 0 Å². The summed E-state index contributed by atoms with van der Waals surface area (Å²) in [4.78, 5) is 0. The topological polar surface area (TPSA) is 0 Å². The second-order valence-corrected chi connectivity index (χ2v) is 4.66. The van der Waals surface area contributed by atoms with E-state index in [0.29, 0.717) is 5.92 Å². The monoisotopic (exact) mass is 254 g/mol. The van der Waals surface area contributed by atoms with Crippen LogP contribution in [0.15, 0.2) is 30.3 Å². The summed E-state index contributed by atoms with van der Waals surface area (Å²) in [5.41, 5.74) is 1.46. The molecule has 1 heteroatoms. The van der Waals surface area contributed by atoms with Gasteiger partial charge in [0, 0.05) is 5.33 Å². The second-order valence-electron chi connectivity index (χ2n) is 4.01. The van der Waals surface area contributed by atoms with Crippen molar-refractivity contribution >= 4 is 15.9 Å². The van der Waals surface area contributed by atoms with Gasteiger partial charge >= 0.3 is 0 Å². The lowest BCUT2D eigenvalue weighted by Gasteiger charge is -2.18. The van der Waals surface area contributed by atoms with Crippen molar-refractivity contribution in [1.29, 1.82) is 0 Å². The van der Waals surface area contributed by atoms with Gasteiger partial charge in [0.25, 0.3) is 0 Å². The third kappa shape index (κ3) is 3.45. The first kappa shape index (κ1) is 11.8. The van der Waals surface area contributed by atoms with E-state index in [1.165, 1.54) is 18.4 Å². The van der Waals surface area contributed by atoms with E-state index < -0.39 is 0 Å². The highest BCUT2D eigenvalue weighted by Crippen LogP contribution is 2.26. The van der Waals surface area contributed by atoms with Gasteiger partial charge in [-0.2, -0.15) is 0 Å². The summed E-state index contributed by atoms with van der Waals surface area (Å²) >= 11 is 3.61. The van der Waals surface area contributed by atoms with Crippen LogP contribution in [0.5, 0.6) is 0 Å². The van der Waals surface area contributed by atoms with Crippen LogP contribution in [0.25, 0.3) is 0 Å². The van der Waals surface area contributed by atoms with Gasteiger partial charge in [-0.3, -0.25) is 0 Å². The Morgan fingerprint density at radius 2 is 1.86 bits per heavy atom. The molecule has 0 bridgehead atoms. The van der Waals surface area contributed by atoms with Crippen LogP contribution in [0, 0.1) is 5.92 Å². The summed E-state index contributed by atoms with van der Waals surface area (Å²) in [6.07, 6.45) is 2.56. The van der Waals surface area contributed by atoms with E-state index in [0.717, 1.165) is 11.2 Å². The minimum absolute atomic E-state index is 0.672. The molecule has 0 radical (unpaired) electrons. The molecule has 1 aromatic rings. The Hall–Kier alpha value is -0.300. The van der Waals surface area contributed by atoms with Crippen LogP contribution < -0.4 is 0 Å². The average Bonchev–Trinajstić information content (AvgIpc) is 2.26. The van der Waals surface area contributed by atoms with Gasteiger partial charge in [-0.15, -0.1) is 0 Å². The van der Waals surface area contributed by atoms with Gasteiger partial charge in [0.2, 0.25) is 0 Å². The normalized spacial score (nSPS) is 15.1. The van der Waals surface area contributed by atoms with E-state index in [2.05, 4.69) is 60.1 Å². The standard InChI is InChI=1S/C13H19Br/c1-3-11(2)9-13(10-14)12-7-5-4-6-8-12/h4-8,11,13H,3,9-10H2,1-2H3. The van der Waals surface area contributed by atoms with Gasteiger partial charge in [0.05, 0.1) is 0 Å². The van der Waals surface area contributed by atoms with Crippen LogP contribution >= 0.6 is 15.9 Å². The minimum atomic E-state index is 0.672. The second kappa shape index (κ2) is 6.23. The van der Waals surface area contributed by atoms with Crippen LogP contribution in [0.1, 0.15) is 38.2 Å². The van der Waals surface area contributed by atoms with Crippen LogP contribution in [-0.4, -0.2) is 5.33 Å². The van der Waals surface area contributed by atoms with Gasteiger partial charge < -0.3 is 0 Å². The van der Waals surface area contributed by atoms with Gasteiger partial charge in [-0.1, -0.05) is 66.5 Å². The van der Waals surface area contributed by atoms with E-state index in [1.54, 1.807) is 0 Å². The van der Waals surface area contributed by atoms with Crippen LogP contribution in [0.4, 0.5) is 0 Å². The summed E-state index contributed by atoms with van der Waals surface area (Å²) in [5, 5.41) is 1.07. The first-order valence-corrected chi connectivity index (χ1v) is 6.51. The fourth-order valence-electron chi connectivity index (χ4n) is 1.67. The molecule has 2 atom stereocenters. The van der Waals surface area contributed by atoms with Crippen molar-refractivity contribution in [2.45, 2.75) is 32.6 Å². The number of benzene rings is 1. The molecule has 1 rings (SSSR count). The molecule has 2 unspecified atom stereocenters. The molecular formula is C13H19Br. The van der Waals surface area contributed by atoms with Crippen molar-refractivity contribution in [3.8, 4) is 0 Å². The van der Waals surface area contributed by atoms with E-state index in [4.69, 9.17) is 0 Å². The third-order valence-electron chi connectivity index (χ3n) is 2.84. The average molecular weight is 255 g/mol. The maximum absolute atomic E-state index is 3.61. The lowest BCUT2D eigenvalue weighted by molar-refractivity contribution is 0.475. The van der Waals surface area contributed by atoms with E-state index >= 15 is 0 Å². The molecule has 0 aliphatic carbocycles. The maximum atomic E-state index is 3.61. The largest absolute Gasteiger partial charge is 0.0921 e. The SMILES string of the molecule is CCC(C)CC(CBr)c1ccccc1. The molecule has 0 heterocycles. The highest BCUT2D eigenvalue weighted by Gasteiger charge is 2.12. The summed E-state index contributed by atoms with van der Waals surface area (Å²) in [6.45, 7) is 4.60. The molecule has 0 saturated carbocycles. The third-order valence-corrected chi connectivity index (χ3v) is 3.62. The summed E-state index contributed by atoms with van der Waals surface area (Å²) in [7, 11) is 0. The Balaban J connectivity index is 2.63. The zero-order valence-corrected chi connectivity index (χ0v) is 10.6. The lowest BCUT2D eigenvalue weighted by Crippen LogP contribution is -2.05. The summed E-state index contributed by atoms with van der Waals surface area (Å²) < 4.78 is 0. The van der Waals surface area contributed by atoms with Crippen LogP contribution in [0.3, 0.4) is 0 Å². The molecule has 0 spiro atoms. The Bertz CT molecular complexity index is 243. The lowest BCUT2D eigenvalue weighted by atomic mass is 9.90. The Labute approximate surface area is 95.9 Å². The number of hydrogen-bond acceptors (Lipinski definition) is 0. The molecule has 14 heavy (non-hydrogen) atoms. The number of alkyl halides is 1. The fourth-order valence-corrected chi connectivity index (χ4v) is 2.30. The molecule has 0 saturated heterocycles. The van der Waals surface area contributed by atoms with Crippen LogP contribution in [0.2, 0.25) is 0 Å². The van der Waals surface area contributed by atoms with Crippen molar-refractivity contribution in [2.24, 2.45) is 5.92 Å². The van der Waals surface area contributed by atoms with Crippen molar-refractivity contribution in [3.63, 3.8) is 0 Å². The van der Waals surface area contributed by atoms with Gasteiger partial charge in [-0.25, -0.2) is 0 Å². The van der Waals surface area contributed by atoms with Crippen molar-refractivity contribution in [2.75, 3.05) is 5.33 Å². The minimum Gasteiger partial charge on any atom is -0.0921 e. The van der Waals surface area contributed by atoms with E-state index in [-0.39, 0.29) is 0 Å². The van der Waals surface area contributed by atoms with Crippen molar-refractivity contribution < 1.29 is 0 Å². The highest BCUT2D eigenvalue weighted by atomic mass is 79.9. The number of rotatable bonds is 5. The van der Waals surface area contributed by atoms with E-state index in [1.807, 2.05) is 0 Å². The predicted molar refractivity (Wildman–Crippen MR) is 67.0 cm³/mol. The number of hydrogen-bond donors (Lipinski definition) is 0. The molecule has 0 fully saturated rings. The molecule has 0 aliphatic heterocycles. The zero-order chi connectivity index (χ0) is 10.4. The molecular weight excluding hydrogens is 236 g/mol. The quantitative estimate of drug-likeness (QED) is 0.674. The molecule has 0 aliphatic rings. The summed E-state index contributed by atoms with van der Waals surface area (Å²) in [5.74, 6) is 1.49. The van der Waals surface area contributed by atoms with Crippen molar-refractivity contribution in [3.05, 3.63) is 35.9 Å².